The molecule has 0 aromatic rings. The predicted octanol–water partition coefficient (Wildman–Crippen LogP) is 0.675. The lowest BCUT2D eigenvalue weighted by Gasteiger charge is -1.77. The zero-order valence-corrected chi connectivity index (χ0v) is 3.94. The maximum absolute atomic E-state index is 10.6. The number of hydrogen-bond donors (Lipinski definition) is 2. The molecule has 0 amide bonds. The highest BCUT2D eigenvalue weighted by molar-refractivity contribution is 8.10. The first-order valence-corrected chi connectivity index (χ1v) is 1.72. The van der Waals surface area contributed by atoms with Crippen LogP contribution in [-0.2, 0) is 0 Å². The highest BCUT2D eigenvalue weighted by Gasteiger charge is 1.72. The van der Waals surface area contributed by atoms with Crippen LogP contribution in [0.4, 0.5) is 4.48 Å². The summed E-state index contributed by atoms with van der Waals surface area (Å²) >= 11 is 7.42. The summed E-state index contributed by atoms with van der Waals surface area (Å²) in [7, 11) is 0. The molecule has 0 saturated heterocycles. The van der Waals surface area contributed by atoms with Gasteiger partial charge >= 0.3 is 0 Å². The van der Waals surface area contributed by atoms with Crippen molar-refractivity contribution in [3.63, 3.8) is 0 Å². The van der Waals surface area contributed by atoms with Crippen LogP contribution in [0.5, 0.6) is 0 Å². The van der Waals surface area contributed by atoms with Gasteiger partial charge in [0.05, 0.1) is 0 Å². The average molecular weight is 111 g/mol. The monoisotopic (exact) mass is 111 g/mol. The Bertz CT molecular complexity index is 44.9. The summed E-state index contributed by atoms with van der Waals surface area (Å²) in [6, 6.07) is 0. The van der Waals surface area contributed by atoms with Crippen molar-refractivity contribution in [2.24, 2.45) is 0 Å². The van der Waals surface area contributed by atoms with E-state index in [1.807, 2.05) is 0 Å². The van der Waals surface area contributed by atoms with E-state index in [0.717, 1.165) is 5.54 Å². The van der Waals surface area contributed by atoms with Crippen molar-refractivity contribution in [1.29, 1.82) is 0 Å². The Balaban J connectivity index is 2.85. The van der Waals surface area contributed by atoms with Crippen LogP contribution in [0.3, 0.4) is 0 Å². The van der Waals surface area contributed by atoms with Gasteiger partial charge in [0.15, 0.2) is 4.32 Å². The predicted molar refractivity (Wildman–Crippen MR) is 25.8 cm³/mol. The van der Waals surface area contributed by atoms with Crippen LogP contribution in [0.25, 0.3) is 0 Å². The van der Waals surface area contributed by atoms with Gasteiger partial charge in [0.25, 0.3) is 0 Å². The largest absolute Gasteiger partial charge is 0.207 e. The minimum atomic E-state index is -0.134. The van der Waals surface area contributed by atoms with Crippen molar-refractivity contribution in [2.45, 2.75) is 0 Å². The van der Waals surface area contributed by atoms with Gasteiger partial charge in [-0.25, -0.2) is 5.54 Å². The molecule has 30 valence electrons. The fourth-order valence-corrected chi connectivity index (χ4v) is 0. The number of rotatable bonds is 0. The molecule has 0 fully saturated rings. The molecule has 1 nitrogen and oxygen atoms in total. The average Bonchev–Trinajstić information content (AvgIpc) is 1.38. The summed E-state index contributed by atoms with van der Waals surface area (Å²) in [5.41, 5.74) is 1.12. The van der Waals surface area contributed by atoms with Crippen molar-refractivity contribution >= 4 is 29.2 Å². The summed E-state index contributed by atoms with van der Waals surface area (Å²) in [6.07, 6.45) is 0. The third kappa shape index (κ3) is 4.17. The first-order valence-electron chi connectivity index (χ1n) is 0.867. The van der Waals surface area contributed by atoms with E-state index in [0.29, 0.717) is 0 Å². The second kappa shape index (κ2) is 2.41. The third-order valence-corrected chi connectivity index (χ3v) is 0.243. The van der Waals surface area contributed by atoms with Gasteiger partial charge < -0.3 is 0 Å². The molecule has 0 bridgehead atoms. The lowest BCUT2D eigenvalue weighted by atomic mass is 11.5. The van der Waals surface area contributed by atoms with Crippen LogP contribution in [0.1, 0.15) is 0 Å². The van der Waals surface area contributed by atoms with Gasteiger partial charge in [-0.15, -0.1) is 17.1 Å². The molecule has 4 heteroatoms. The van der Waals surface area contributed by atoms with Gasteiger partial charge in [-0.3, -0.25) is 0 Å². The van der Waals surface area contributed by atoms with Crippen LogP contribution >= 0.6 is 24.8 Å². The zero-order chi connectivity index (χ0) is 4.28. The highest BCUT2D eigenvalue weighted by atomic mass is 32.1. The first-order chi connectivity index (χ1) is 2.27. The molecule has 0 rings (SSSR count). The standard InChI is InChI=1S/CH2FNS2/c2-3-1(4)5/h(H2,3,4,5). The van der Waals surface area contributed by atoms with Crippen molar-refractivity contribution in [3.8, 4) is 0 Å². The van der Waals surface area contributed by atoms with Gasteiger partial charge in [0, 0.05) is 0 Å². The molecule has 0 atom stereocenters. The summed E-state index contributed by atoms with van der Waals surface area (Å²) in [5, 5.41) is 0. The summed E-state index contributed by atoms with van der Waals surface area (Å²) < 4.78 is 10.5. The zero-order valence-electron chi connectivity index (χ0n) is 2.23. The van der Waals surface area contributed by atoms with Gasteiger partial charge in [-0.2, -0.15) is 0 Å². The van der Waals surface area contributed by atoms with E-state index in [9.17, 15) is 4.48 Å². The Morgan fingerprint density at radius 2 is 2.20 bits per heavy atom. The molecule has 0 radical (unpaired) electrons. The fourth-order valence-electron chi connectivity index (χ4n) is 0. The van der Waals surface area contributed by atoms with E-state index in [1.54, 1.807) is 0 Å². The molecular formula is CH2FNS2. The Kier molecular flexibility index (Phi) is 2.49. The van der Waals surface area contributed by atoms with E-state index >= 15 is 0 Å². The van der Waals surface area contributed by atoms with E-state index in [1.165, 1.54) is 0 Å². The molecule has 0 unspecified atom stereocenters. The van der Waals surface area contributed by atoms with E-state index < -0.39 is 0 Å². The van der Waals surface area contributed by atoms with Crippen molar-refractivity contribution < 1.29 is 4.48 Å². The van der Waals surface area contributed by atoms with Crippen LogP contribution in [0, 0.1) is 0 Å². The number of thiocarbonyl (C=S) groups is 1. The van der Waals surface area contributed by atoms with Gasteiger partial charge in [-0.1, -0.05) is 12.2 Å². The topological polar surface area (TPSA) is 12.0 Å². The summed E-state index contributed by atoms with van der Waals surface area (Å²) in [5.74, 6) is 0. The van der Waals surface area contributed by atoms with Gasteiger partial charge in [-0.05, 0) is 0 Å². The van der Waals surface area contributed by atoms with Crippen LogP contribution in [0.2, 0.25) is 0 Å². The highest BCUT2D eigenvalue weighted by Crippen LogP contribution is 1.72. The molecule has 0 aliphatic rings. The second-order valence-corrected chi connectivity index (χ2v) is 1.56. The molecule has 0 spiro atoms. The van der Waals surface area contributed by atoms with Crippen LogP contribution in [-0.4, -0.2) is 4.32 Å². The smallest absolute Gasteiger partial charge is 0.159 e. The minimum Gasteiger partial charge on any atom is -0.207 e. The lowest BCUT2D eigenvalue weighted by Crippen LogP contribution is -1.99. The molecule has 1 N–H and O–H groups in total. The Morgan fingerprint density at radius 3 is 2.20 bits per heavy atom. The van der Waals surface area contributed by atoms with Crippen molar-refractivity contribution in [2.75, 3.05) is 0 Å². The van der Waals surface area contributed by atoms with E-state index in [2.05, 4.69) is 24.8 Å². The molecule has 0 aromatic heterocycles. The number of halogens is 1. The molecule has 0 heterocycles. The molecule has 0 saturated carbocycles. The quantitative estimate of drug-likeness (QED) is 0.271. The molecule has 0 aliphatic carbocycles. The normalized spacial score (nSPS) is 6.80. The Labute approximate surface area is 39.9 Å². The van der Waals surface area contributed by atoms with Crippen LogP contribution < -0.4 is 5.54 Å². The number of nitrogens with one attached hydrogen (secondary N) is 1. The SMILES string of the molecule is FNC(=S)S. The summed E-state index contributed by atoms with van der Waals surface area (Å²) in [6.45, 7) is 0. The lowest BCUT2D eigenvalue weighted by molar-refractivity contribution is 0.442. The van der Waals surface area contributed by atoms with E-state index in [4.69, 9.17) is 0 Å². The Morgan fingerprint density at radius 1 is 2.00 bits per heavy atom. The van der Waals surface area contributed by atoms with Crippen molar-refractivity contribution in [1.82, 2.24) is 5.54 Å². The van der Waals surface area contributed by atoms with Gasteiger partial charge in [0.1, 0.15) is 0 Å². The molecule has 0 aliphatic heterocycles. The van der Waals surface area contributed by atoms with Gasteiger partial charge in [0.2, 0.25) is 0 Å². The Hall–Kier alpha value is 0.170. The minimum absolute atomic E-state index is 0.134. The number of hydrogen-bond acceptors (Lipinski definition) is 1. The first kappa shape index (κ1) is 5.17. The van der Waals surface area contributed by atoms with E-state index in [-0.39, 0.29) is 4.32 Å². The maximum Gasteiger partial charge on any atom is 0.159 e. The molecular weight excluding hydrogens is 109 g/mol. The third-order valence-electron chi connectivity index (χ3n) is 0.0808. The molecule has 5 heavy (non-hydrogen) atoms. The number of thiol groups is 1. The summed E-state index contributed by atoms with van der Waals surface area (Å²) in [4.78, 5) is 0. The molecule has 0 aromatic carbocycles. The second-order valence-electron chi connectivity index (χ2n) is 0.400. The fraction of sp³-hybridized carbons (Fsp3) is 0. The van der Waals surface area contributed by atoms with Crippen molar-refractivity contribution in [3.05, 3.63) is 0 Å². The maximum atomic E-state index is 10.6. The van der Waals surface area contributed by atoms with Crippen LogP contribution in [0.15, 0.2) is 0 Å².